The number of carboxylic acid groups (broad SMARTS) is 1. The van der Waals surface area contributed by atoms with Gasteiger partial charge in [-0.3, -0.25) is 4.79 Å². The van der Waals surface area contributed by atoms with E-state index in [-0.39, 0.29) is 17.2 Å². The lowest BCUT2D eigenvalue weighted by Crippen LogP contribution is -2.13. The topological polar surface area (TPSA) is 88.5 Å². The first-order valence-corrected chi connectivity index (χ1v) is 6.65. The number of aromatic nitrogens is 1. The lowest BCUT2D eigenvalue weighted by Gasteiger charge is -2.08. The standard InChI is InChI=1S/C14H11BrN2O4/c1-21-12-6-9(3-4-10(12)15)17-13(18)8-2-5-11(14(19)20)16-7-8/h2-7H,1H3,(H,17,18)(H,19,20). The van der Waals surface area contributed by atoms with Crippen LogP contribution < -0.4 is 10.1 Å². The lowest BCUT2D eigenvalue weighted by atomic mass is 10.2. The van der Waals surface area contributed by atoms with Crippen LogP contribution in [0.3, 0.4) is 0 Å². The molecule has 0 atom stereocenters. The number of carbonyl (C=O) groups excluding carboxylic acids is 1. The van der Waals surface area contributed by atoms with E-state index < -0.39 is 5.97 Å². The zero-order valence-electron chi connectivity index (χ0n) is 11.0. The molecule has 2 aromatic rings. The number of pyridine rings is 1. The summed E-state index contributed by atoms with van der Waals surface area (Å²) in [6.45, 7) is 0. The largest absolute Gasteiger partial charge is 0.495 e. The van der Waals surface area contributed by atoms with Crippen LogP contribution in [0.4, 0.5) is 5.69 Å². The summed E-state index contributed by atoms with van der Waals surface area (Å²) in [6.07, 6.45) is 1.22. The predicted molar refractivity (Wildman–Crippen MR) is 79.8 cm³/mol. The van der Waals surface area contributed by atoms with Gasteiger partial charge in [-0.25, -0.2) is 9.78 Å². The Bertz CT molecular complexity index is 686. The van der Waals surface area contributed by atoms with E-state index in [9.17, 15) is 9.59 Å². The molecule has 0 aliphatic carbocycles. The predicted octanol–water partition coefficient (Wildman–Crippen LogP) is 2.80. The number of halogens is 1. The summed E-state index contributed by atoms with van der Waals surface area (Å²) in [7, 11) is 1.53. The monoisotopic (exact) mass is 350 g/mol. The second-order valence-electron chi connectivity index (χ2n) is 4.04. The molecule has 1 heterocycles. The van der Waals surface area contributed by atoms with Gasteiger partial charge < -0.3 is 15.2 Å². The minimum atomic E-state index is -1.14. The third-order valence-corrected chi connectivity index (χ3v) is 3.31. The Kier molecular flexibility index (Phi) is 4.54. The number of benzene rings is 1. The molecule has 0 unspecified atom stereocenters. The van der Waals surface area contributed by atoms with E-state index >= 15 is 0 Å². The Morgan fingerprint density at radius 1 is 1.29 bits per heavy atom. The minimum Gasteiger partial charge on any atom is -0.495 e. The van der Waals surface area contributed by atoms with Gasteiger partial charge in [0.05, 0.1) is 17.1 Å². The number of nitrogens with zero attached hydrogens (tertiary/aromatic N) is 1. The second kappa shape index (κ2) is 6.36. The first-order chi connectivity index (χ1) is 10.0. The summed E-state index contributed by atoms with van der Waals surface area (Å²) in [5, 5.41) is 11.4. The van der Waals surface area contributed by atoms with Crippen molar-refractivity contribution in [3.8, 4) is 5.75 Å². The molecule has 0 bridgehead atoms. The lowest BCUT2D eigenvalue weighted by molar-refractivity contribution is 0.0690. The molecule has 0 fully saturated rings. The highest BCUT2D eigenvalue weighted by Gasteiger charge is 2.10. The quantitative estimate of drug-likeness (QED) is 0.884. The van der Waals surface area contributed by atoms with Crippen molar-refractivity contribution in [3.63, 3.8) is 0 Å². The van der Waals surface area contributed by atoms with Gasteiger partial charge >= 0.3 is 5.97 Å². The molecule has 6 nitrogen and oxygen atoms in total. The van der Waals surface area contributed by atoms with Gasteiger partial charge in [-0.05, 0) is 40.2 Å². The maximum Gasteiger partial charge on any atom is 0.354 e. The molecule has 108 valence electrons. The van der Waals surface area contributed by atoms with E-state index in [1.54, 1.807) is 18.2 Å². The van der Waals surface area contributed by atoms with Crippen LogP contribution in [0.1, 0.15) is 20.8 Å². The van der Waals surface area contributed by atoms with Crippen molar-refractivity contribution in [2.75, 3.05) is 12.4 Å². The average Bonchev–Trinajstić information content (AvgIpc) is 2.49. The molecular weight excluding hydrogens is 340 g/mol. The van der Waals surface area contributed by atoms with Gasteiger partial charge in [-0.1, -0.05) is 0 Å². The van der Waals surface area contributed by atoms with Gasteiger partial charge in [0.25, 0.3) is 5.91 Å². The number of rotatable bonds is 4. The van der Waals surface area contributed by atoms with Gasteiger partial charge in [-0.2, -0.15) is 0 Å². The van der Waals surface area contributed by atoms with Crippen molar-refractivity contribution in [1.82, 2.24) is 4.98 Å². The van der Waals surface area contributed by atoms with Crippen LogP contribution in [0.5, 0.6) is 5.75 Å². The highest BCUT2D eigenvalue weighted by molar-refractivity contribution is 9.10. The molecule has 0 aliphatic rings. The molecule has 2 rings (SSSR count). The van der Waals surface area contributed by atoms with Crippen molar-refractivity contribution < 1.29 is 19.4 Å². The average molecular weight is 351 g/mol. The van der Waals surface area contributed by atoms with E-state index in [4.69, 9.17) is 9.84 Å². The Morgan fingerprint density at radius 2 is 2.05 bits per heavy atom. The number of hydrogen-bond acceptors (Lipinski definition) is 4. The maximum absolute atomic E-state index is 12.0. The second-order valence-corrected chi connectivity index (χ2v) is 4.90. The van der Waals surface area contributed by atoms with Crippen molar-refractivity contribution >= 4 is 33.5 Å². The summed E-state index contributed by atoms with van der Waals surface area (Å²) in [5.74, 6) is -0.935. The first kappa shape index (κ1) is 15.0. The highest BCUT2D eigenvalue weighted by atomic mass is 79.9. The number of nitrogens with one attached hydrogen (secondary N) is 1. The summed E-state index contributed by atoms with van der Waals surface area (Å²) in [4.78, 5) is 26.4. The van der Waals surface area contributed by atoms with Crippen molar-refractivity contribution in [3.05, 3.63) is 52.3 Å². The molecule has 0 aliphatic heterocycles. The van der Waals surface area contributed by atoms with E-state index in [1.807, 2.05) is 0 Å². The Labute approximate surface area is 128 Å². The molecular formula is C14H11BrN2O4. The summed E-state index contributed by atoms with van der Waals surface area (Å²) in [6, 6.07) is 7.81. The van der Waals surface area contributed by atoms with Crippen LogP contribution in [-0.2, 0) is 0 Å². The van der Waals surface area contributed by atoms with Crippen LogP contribution in [0.2, 0.25) is 0 Å². The molecule has 1 aromatic carbocycles. The number of carboxylic acids is 1. The van der Waals surface area contributed by atoms with Gasteiger partial charge in [0.2, 0.25) is 0 Å². The van der Waals surface area contributed by atoms with Crippen LogP contribution >= 0.6 is 15.9 Å². The number of methoxy groups -OCH3 is 1. The molecule has 0 spiro atoms. The SMILES string of the molecule is COc1cc(NC(=O)c2ccc(C(=O)O)nc2)ccc1Br. The zero-order valence-corrected chi connectivity index (χ0v) is 12.5. The molecule has 0 saturated heterocycles. The molecule has 1 amide bonds. The number of hydrogen-bond donors (Lipinski definition) is 2. The van der Waals surface area contributed by atoms with Gasteiger partial charge in [0.15, 0.2) is 0 Å². The van der Waals surface area contributed by atoms with Gasteiger partial charge in [0, 0.05) is 18.0 Å². The Balaban J connectivity index is 2.15. The molecule has 1 aromatic heterocycles. The number of amides is 1. The van der Waals surface area contributed by atoms with Crippen LogP contribution in [0.15, 0.2) is 41.0 Å². The fraction of sp³-hybridized carbons (Fsp3) is 0.0714. The summed E-state index contributed by atoms with van der Waals surface area (Å²) in [5.41, 5.74) is 0.709. The number of anilines is 1. The van der Waals surface area contributed by atoms with Crippen LogP contribution in [0, 0.1) is 0 Å². The Morgan fingerprint density at radius 3 is 2.62 bits per heavy atom. The summed E-state index contributed by atoms with van der Waals surface area (Å²) >= 11 is 3.32. The first-order valence-electron chi connectivity index (χ1n) is 5.85. The summed E-state index contributed by atoms with van der Waals surface area (Å²) < 4.78 is 5.91. The fourth-order valence-electron chi connectivity index (χ4n) is 1.60. The van der Waals surface area contributed by atoms with Crippen molar-refractivity contribution in [1.29, 1.82) is 0 Å². The van der Waals surface area contributed by atoms with Crippen molar-refractivity contribution in [2.24, 2.45) is 0 Å². The molecule has 21 heavy (non-hydrogen) atoms. The molecule has 0 saturated carbocycles. The Hall–Kier alpha value is -2.41. The number of carbonyl (C=O) groups is 2. The van der Waals surface area contributed by atoms with Gasteiger partial charge in [-0.15, -0.1) is 0 Å². The van der Waals surface area contributed by atoms with E-state index in [0.29, 0.717) is 11.4 Å². The van der Waals surface area contributed by atoms with Crippen molar-refractivity contribution in [2.45, 2.75) is 0 Å². The normalized spacial score (nSPS) is 10.0. The smallest absolute Gasteiger partial charge is 0.354 e. The zero-order chi connectivity index (χ0) is 15.4. The molecule has 7 heteroatoms. The highest BCUT2D eigenvalue weighted by Crippen LogP contribution is 2.28. The van der Waals surface area contributed by atoms with Crippen LogP contribution in [-0.4, -0.2) is 29.1 Å². The fourth-order valence-corrected chi connectivity index (χ4v) is 2.00. The number of ether oxygens (including phenoxy) is 1. The molecule has 2 N–H and O–H groups in total. The molecule has 0 radical (unpaired) electrons. The maximum atomic E-state index is 12.0. The van der Waals surface area contributed by atoms with E-state index in [2.05, 4.69) is 26.2 Å². The van der Waals surface area contributed by atoms with E-state index in [0.717, 1.165) is 4.47 Å². The third kappa shape index (κ3) is 3.57. The van der Waals surface area contributed by atoms with E-state index in [1.165, 1.54) is 25.4 Å². The third-order valence-electron chi connectivity index (χ3n) is 2.65. The van der Waals surface area contributed by atoms with Crippen LogP contribution in [0.25, 0.3) is 0 Å². The number of aromatic carboxylic acids is 1. The minimum absolute atomic E-state index is 0.114. The van der Waals surface area contributed by atoms with Gasteiger partial charge in [0.1, 0.15) is 11.4 Å².